The Kier molecular flexibility index (Phi) is 5.44. The van der Waals surface area contributed by atoms with Crippen molar-refractivity contribution in [2.75, 3.05) is 19.6 Å². The molecule has 0 saturated carbocycles. The highest BCUT2D eigenvalue weighted by Gasteiger charge is 2.51. The molecule has 1 atom stereocenters. The Bertz CT molecular complexity index is 781. The number of hydrogen-bond acceptors (Lipinski definition) is 3. The minimum absolute atomic E-state index is 0.292. The molecule has 0 spiro atoms. The number of nitrogens with zero attached hydrogens (tertiary/aromatic N) is 2. The van der Waals surface area contributed by atoms with E-state index in [1.807, 2.05) is 0 Å². The monoisotopic (exact) mass is 365 g/mol. The quantitative estimate of drug-likeness (QED) is 0.620. The third-order valence-electron chi connectivity index (χ3n) is 4.23. The number of carbonyl (C=O) groups is 3. The summed E-state index contributed by atoms with van der Waals surface area (Å²) in [5, 5.41) is 2.36. The van der Waals surface area contributed by atoms with Crippen LogP contribution in [0.25, 0.3) is 0 Å². The number of likely N-dealkylation sites (N-methyl/N-ethyl adjacent to an activating group) is 1. The van der Waals surface area contributed by atoms with Crippen LogP contribution in [0.2, 0.25) is 0 Å². The fourth-order valence-electron chi connectivity index (χ4n) is 2.84. The SMILES string of the molecule is C=C(C)CN(CC)C(=O)CN1C(=O)NC(C)(c2cc(F)ccc2F)C1=O. The molecule has 0 bridgehead atoms. The zero-order chi connectivity index (χ0) is 19.6. The number of hydrogen-bond donors (Lipinski definition) is 1. The highest BCUT2D eigenvalue weighted by Crippen LogP contribution is 2.31. The smallest absolute Gasteiger partial charge is 0.325 e. The summed E-state index contributed by atoms with van der Waals surface area (Å²) in [6.07, 6.45) is 0. The van der Waals surface area contributed by atoms with Crippen LogP contribution in [-0.2, 0) is 15.1 Å². The molecule has 6 nitrogen and oxygen atoms in total. The van der Waals surface area contributed by atoms with Crippen LogP contribution >= 0.6 is 0 Å². The summed E-state index contributed by atoms with van der Waals surface area (Å²) in [4.78, 5) is 39.5. The molecule has 8 heteroatoms. The number of nitrogens with one attached hydrogen (secondary N) is 1. The molecule has 1 aliphatic rings. The van der Waals surface area contributed by atoms with Gasteiger partial charge >= 0.3 is 6.03 Å². The summed E-state index contributed by atoms with van der Waals surface area (Å²) in [6.45, 7) is 8.73. The van der Waals surface area contributed by atoms with E-state index in [1.165, 1.54) is 11.8 Å². The van der Waals surface area contributed by atoms with Crippen LogP contribution in [-0.4, -0.2) is 47.3 Å². The number of benzene rings is 1. The molecule has 1 heterocycles. The number of halogens is 2. The maximum absolute atomic E-state index is 14.1. The van der Waals surface area contributed by atoms with Gasteiger partial charge in [0.1, 0.15) is 23.7 Å². The molecular weight excluding hydrogens is 344 g/mol. The van der Waals surface area contributed by atoms with E-state index in [1.54, 1.807) is 13.8 Å². The van der Waals surface area contributed by atoms with Crippen LogP contribution in [0.4, 0.5) is 13.6 Å². The number of rotatable bonds is 6. The van der Waals surface area contributed by atoms with Gasteiger partial charge in [0, 0.05) is 18.7 Å². The maximum Gasteiger partial charge on any atom is 0.325 e. The lowest BCUT2D eigenvalue weighted by molar-refractivity contribution is -0.138. The molecule has 0 aliphatic carbocycles. The fraction of sp³-hybridized carbons (Fsp3) is 0.389. The highest BCUT2D eigenvalue weighted by molar-refractivity contribution is 6.09. The molecule has 1 aliphatic heterocycles. The zero-order valence-electron chi connectivity index (χ0n) is 14.9. The van der Waals surface area contributed by atoms with Crippen molar-refractivity contribution in [3.63, 3.8) is 0 Å². The molecule has 0 aromatic heterocycles. The number of carbonyl (C=O) groups excluding carboxylic acids is 3. The van der Waals surface area contributed by atoms with Gasteiger partial charge in [-0.1, -0.05) is 12.2 Å². The Hall–Kier alpha value is -2.77. The van der Waals surface area contributed by atoms with E-state index in [-0.39, 0.29) is 5.56 Å². The van der Waals surface area contributed by atoms with Gasteiger partial charge in [0.2, 0.25) is 5.91 Å². The molecule has 1 aromatic carbocycles. The third-order valence-corrected chi connectivity index (χ3v) is 4.23. The van der Waals surface area contributed by atoms with Gasteiger partial charge in [0.25, 0.3) is 5.91 Å². The topological polar surface area (TPSA) is 69.7 Å². The van der Waals surface area contributed by atoms with Crippen molar-refractivity contribution in [2.24, 2.45) is 0 Å². The van der Waals surface area contributed by atoms with Crippen LogP contribution in [0.15, 0.2) is 30.4 Å². The van der Waals surface area contributed by atoms with E-state index < -0.39 is 41.6 Å². The molecular formula is C18H21F2N3O3. The van der Waals surface area contributed by atoms with E-state index in [0.29, 0.717) is 18.0 Å². The first-order valence-corrected chi connectivity index (χ1v) is 8.12. The Labute approximate surface area is 150 Å². The molecule has 4 amide bonds. The van der Waals surface area contributed by atoms with Crippen molar-refractivity contribution in [1.82, 2.24) is 15.1 Å². The van der Waals surface area contributed by atoms with Crippen molar-refractivity contribution in [2.45, 2.75) is 26.3 Å². The Morgan fingerprint density at radius 1 is 1.35 bits per heavy atom. The van der Waals surface area contributed by atoms with Crippen molar-refractivity contribution < 1.29 is 23.2 Å². The van der Waals surface area contributed by atoms with Crippen LogP contribution in [0, 0.1) is 11.6 Å². The largest absolute Gasteiger partial charge is 0.337 e. The molecule has 2 rings (SSSR count). The summed E-state index contributed by atoms with van der Waals surface area (Å²) in [5.41, 5.74) is -1.32. The summed E-state index contributed by atoms with van der Waals surface area (Å²) in [7, 11) is 0. The lowest BCUT2D eigenvalue weighted by atomic mass is 9.91. The van der Waals surface area contributed by atoms with E-state index in [4.69, 9.17) is 0 Å². The highest BCUT2D eigenvalue weighted by atomic mass is 19.1. The number of amides is 4. The molecule has 1 aromatic rings. The molecule has 1 unspecified atom stereocenters. The number of urea groups is 1. The second-order valence-electron chi connectivity index (χ2n) is 6.44. The second kappa shape index (κ2) is 7.23. The summed E-state index contributed by atoms with van der Waals surface area (Å²) in [5.74, 6) is -2.82. The molecule has 1 N–H and O–H groups in total. The van der Waals surface area contributed by atoms with Crippen LogP contribution < -0.4 is 5.32 Å². The minimum Gasteiger partial charge on any atom is -0.337 e. The average molecular weight is 365 g/mol. The van der Waals surface area contributed by atoms with Gasteiger partial charge < -0.3 is 10.2 Å². The van der Waals surface area contributed by atoms with Crippen molar-refractivity contribution in [3.05, 3.63) is 47.5 Å². The first kappa shape index (κ1) is 19.6. The predicted octanol–water partition coefficient (Wildman–Crippen LogP) is 2.16. The standard InChI is InChI=1S/C18H21F2N3O3/c1-5-22(9-11(2)3)15(24)10-23-16(25)18(4,21-17(23)26)13-8-12(19)6-7-14(13)20/h6-8H,2,5,9-10H2,1,3-4H3,(H,21,26). The maximum atomic E-state index is 14.1. The summed E-state index contributed by atoms with van der Waals surface area (Å²) in [6, 6.07) is 1.83. The molecule has 0 radical (unpaired) electrons. The molecule has 26 heavy (non-hydrogen) atoms. The first-order valence-electron chi connectivity index (χ1n) is 8.12. The van der Waals surface area contributed by atoms with Gasteiger partial charge in [-0.05, 0) is 39.0 Å². The third kappa shape index (κ3) is 3.58. The summed E-state index contributed by atoms with van der Waals surface area (Å²) >= 11 is 0. The van der Waals surface area contributed by atoms with Crippen molar-refractivity contribution >= 4 is 17.8 Å². The Morgan fingerprint density at radius 3 is 2.58 bits per heavy atom. The predicted molar refractivity (Wildman–Crippen MR) is 91.0 cm³/mol. The van der Waals surface area contributed by atoms with Gasteiger partial charge in [0.15, 0.2) is 0 Å². The van der Waals surface area contributed by atoms with E-state index >= 15 is 0 Å². The van der Waals surface area contributed by atoms with E-state index in [2.05, 4.69) is 11.9 Å². The van der Waals surface area contributed by atoms with Gasteiger partial charge in [-0.2, -0.15) is 0 Å². The Balaban J connectivity index is 2.27. The van der Waals surface area contributed by atoms with Crippen LogP contribution in [0.1, 0.15) is 26.3 Å². The minimum atomic E-state index is -1.78. The van der Waals surface area contributed by atoms with Gasteiger partial charge in [0.05, 0.1) is 0 Å². The second-order valence-corrected chi connectivity index (χ2v) is 6.44. The Morgan fingerprint density at radius 2 is 2.00 bits per heavy atom. The average Bonchev–Trinajstić information content (AvgIpc) is 2.78. The van der Waals surface area contributed by atoms with Gasteiger partial charge in [-0.15, -0.1) is 0 Å². The lowest BCUT2D eigenvalue weighted by Gasteiger charge is -2.25. The van der Waals surface area contributed by atoms with Gasteiger partial charge in [-0.3, -0.25) is 14.5 Å². The van der Waals surface area contributed by atoms with Crippen LogP contribution in [0.5, 0.6) is 0 Å². The van der Waals surface area contributed by atoms with Gasteiger partial charge in [-0.25, -0.2) is 13.6 Å². The molecule has 140 valence electrons. The molecule has 1 saturated heterocycles. The summed E-state index contributed by atoms with van der Waals surface area (Å²) < 4.78 is 27.6. The van der Waals surface area contributed by atoms with E-state index in [0.717, 1.165) is 23.8 Å². The van der Waals surface area contributed by atoms with Crippen LogP contribution in [0.3, 0.4) is 0 Å². The van der Waals surface area contributed by atoms with Crippen molar-refractivity contribution in [1.29, 1.82) is 0 Å². The number of imide groups is 1. The zero-order valence-corrected chi connectivity index (χ0v) is 14.9. The molecule has 1 fully saturated rings. The fourth-order valence-corrected chi connectivity index (χ4v) is 2.84. The van der Waals surface area contributed by atoms with E-state index in [9.17, 15) is 23.2 Å². The first-order chi connectivity index (χ1) is 12.1. The lowest BCUT2D eigenvalue weighted by Crippen LogP contribution is -2.45. The van der Waals surface area contributed by atoms with Crippen molar-refractivity contribution in [3.8, 4) is 0 Å². The normalized spacial score (nSPS) is 19.5.